The Morgan fingerprint density at radius 1 is 0.971 bits per heavy atom. The maximum Gasteiger partial charge on any atom is 0.417 e. The number of piperazine rings is 1. The van der Waals surface area contributed by atoms with Crippen molar-refractivity contribution in [2.24, 2.45) is 0 Å². The van der Waals surface area contributed by atoms with Gasteiger partial charge in [-0.2, -0.15) is 18.3 Å². The molecule has 0 radical (unpaired) electrons. The Morgan fingerprint density at radius 3 is 2.36 bits per heavy atom. The number of carbonyl (C=O) groups is 2. The first-order chi connectivity index (χ1) is 33.2. The van der Waals surface area contributed by atoms with Gasteiger partial charge in [0.05, 0.1) is 46.7 Å². The van der Waals surface area contributed by atoms with Crippen molar-refractivity contribution in [3.05, 3.63) is 81.9 Å². The molecule has 0 bridgehead atoms. The lowest BCUT2D eigenvalue weighted by atomic mass is 9.99. The lowest BCUT2D eigenvalue weighted by Gasteiger charge is -2.42. The van der Waals surface area contributed by atoms with Crippen LogP contribution in [-0.2, 0) is 36.6 Å². The first-order valence-corrected chi connectivity index (χ1v) is 22.4. The summed E-state index contributed by atoms with van der Waals surface area (Å²) >= 11 is 6.09. The summed E-state index contributed by atoms with van der Waals surface area (Å²) in [6, 6.07) is 7.43. The molecule has 0 saturated carbocycles. The summed E-state index contributed by atoms with van der Waals surface area (Å²) in [7, 11) is 3.27. The Balaban J connectivity index is 0.00000228. The number of pyridine rings is 1. The van der Waals surface area contributed by atoms with Crippen LogP contribution in [0.4, 0.5) is 40.7 Å². The van der Waals surface area contributed by atoms with Crippen molar-refractivity contribution in [2.75, 3.05) is 87.0 Å². The van der Waals surface area contributed by atoms with Crippen molar-refractivity contribution in [1.29, 1.82) is 0 Å². The molecule has 69 heavy (non-hydrogen) atoms. The number of hydrogen-bond donors (Lipinski definition) is 4. The van der Waals surface area contributed by atoms with E-state index in [0.29, 0.717) is 43.0 Å². The Hall–Kier alpha value is -6.80. The third kappa shape index (κ3) is 11.4. The molecule has 0 spiro atoms. The van der Waals surface area contributed by atoms with Gasteiger partial charge in [0, 0.05) is 78.2 Å². The van der Waals surface area contributed by atoms with E-state index >= 15 is 0 Å². The number of carbonyl (C=O) groups excluding carboxylic acids is 4. The highest BCUT2D eigenvalue weighted by molar-refractivity contribution is 6.29. The zero-order valence-corrected chi connectivity index (χ0v) is 38.6. The number of hydrogen-bond acceptors (Lipinski definition) is 16. The number of allylic oxidation sites excluding steroid dienone is 1. The van der Waals surface area contributed by atoms with E-state index < -0.39 is 29.9 Å². The fraction of sp³-hybridized carbons (Fsp3) is 0.444. The van der Waals surface area contributed by atoms with Gasteiger partial charge in [0.1, 0.15) is 35.6 Å². The van der Waals surface area contributed by atoms with E-state index in [4.69, 9.17) is 31.0 Å². The van der Waals surface area contributed by atoms with Crippen LogP contribution < -0.4 is 30.5 Å². The Labute approximate surface area is 399 Å². The summed E-state index contributed by atoms with van der Waals surface area (Å²) in [5, 5.41) is 19.2. The van der Waals surface area contributed by atoms with Crippen LogP contribution in [-0.4, -0.2) is 148 Å². The van der Waals surface area contributed by atoms with Gasteiger partial charge < -0.3 is 40.3 Å². The van der Waals surface area contributed by atoms with Crippen molar-refractivity contribution < 1.29 is 51.7 Å². The number of aromatic nitrogens is 4. The minimum absolute atomic E-state index is 0.131. The minimum atomic E-state index is -4.71. The third-order valence-electron chi connectivity index (χ3n) is 12.6. The molecule has 3 saturated heterocycles. The molecule has 2 amide bonds. The lowest BCUT2D eigenvalue weighted by molar-refractivity contribution is -0.137. The molecule has 4 N–H and O–H groups in total. The maximum atomic E-state index is 13.8. The zero-order valence-electron chi connectivity index (χ0n) is 37.9. The Bertz CT molecular complexity index is 2690. The second-order valence-corrected chi connectivity index (χ2v) is 17.0. The molecule has 4 aliphatic heterocycles. The minimum Gasteiger partial charge on any atom is -0.483 e. The Kier molecular flexibility index (Phi) is 16.0. The zero-order chi connectivity index (χ0) is 49.4. The van der Waals surface area contributed by atoms with E-state index in [0.717, 1.165) is 81.7 Å². The molecule has 366 valence electrons. The molecular weight excluding hydrogens is 929 g/mol. The van der Waals surface area contributed by atoms with Gasteiger partial charge in [-0.05, 0) is 63.0 Å². The van der Waals surface area contributed by atoms with Crippen LogP contribution in [0.2, 0.25) is 5.15 Å². The number of alkyl halides is 3. The summed E-state index contributed by atoms with van der Waals surface area (Å²) in [4.78, 5) is 75.9. The summed E-state index contributed by atoms with van der Waals surface area (Å²) in [5.41, 5.74) is 2.86. The highest BCUT2D eigenvalue weighted by atomic mass is 35.5. The molecule has 4 aromatic rings. The van der Waals surface area contributed by atoms with E-state index in [-0.39, 0.29) is 52.7 Å². The van der Waals surface area contributed by atoms with E-state index in [1.54, 1.807) is 23.8 Å². The molecule has 1 aromatic carbocycles. The van der Waals surface area contributed by atoms with Crippen LogP contribution in [0.5, 0.6) is 5.88 Å². The summed E-state index contributed by atoms with van der Waals surface area (Å²) in [6.07, 6.45) is -0.513. The van der Waals surface area contributed by atoms with Gasteiger partial charge in [-0.1, -0.05) is 17.7 Å². The number of nitrogens with one attached hydrogen (secondary N) is 3. The van der Waals surface area contributed by atoms with Gasteiger partial charge in [-0.15, -0.1) is 0 Å². The summed E-state index contributed by atoms with van der Waals surface area (Å²) in [6.45, 7) is 8.07. The van der Waals surface area contributed by atoms with Crippen molar-refractivity contribution in [1.82, 2.24) is 39.6 Å². The van der Waals surface area contributed by atoms with Crippen molar-refractivity contribution >= 4 is 70.3 Å². The van der Waals surface area contributed by atoms with Gasteiger partial charge in [-0.3, -0.25) is 19.5 Å². The van der Waals surface area contributed by atoms with Crippen LogP contribution >= 0.6 is 11.6 Å². The normalized spacial score (nSPS) is 18.6. The molecule has 8 rings (SSSR count). The van der Waals surface area contributed by atoms with Crippen LogP contribution in [0, 0.1) is 0 Å². The quantitative estimate of drug-likeness (QED) is 0.112. The summed E-state index contributed by atoms with van der Waals surface area (Å²) in [5.74, 6) is 5.90. The second kappa shape index (κ2) is 22.1. The van der Waals surface area contributed by atoms with Gasteiger partial charge in [0.2, 0.25) is 11.7 Å². The number of benzene rings is 1. The molecule has 7 heterocycles. The number of anilines is 4. The van der Waals surface area contributed by atoms with Gasteiger partial charge in [-0.25, -0.2) is 33.7 Å². The number of rotatable bonds is 12. The number of ether oxygens (including phenoxy) is 2. The molecule has 2 atom stereocenters. The first-order valence-electron chi connectivity index (χ1n) is 22.0. The number of fused-ring (bicyclic) bond motifs is 2. The van der Waals surface area contributed by atoms with E-state index in [1.165, 1.54) is 23.9 Å². The standard InChI is InChI=1S/C44H48ClF3N12O6.CH2O2/c1-27(65-3)41-33(22-49-39-20-38(45)54-60(39)41)53-43(64)52-32-19-29(44(46,47)48)21-50-42(32)66-17-16-56-10-8-31(9-11-56)58-14-12-57(13-15-58)23-28-4-6-36-37(18-28)55(2)40(26-63)59(36)35-7-5-30(24-61)51-34(35)25-62;2-1-3/h4,6,18-22,27,31,35,51H,5,7-17,23H2,1-3H3,(H2,52,53,64);1H,(H,2,3)/t27-,35?;/m0./s1. The smallest absolute Gasteiger partial charge is 0.417 e. The highest BCUT2D eigenvalue weighted by Gasteiger charge is 2.40. The molecule has 3 fully saturated rings. The molecule has 20 nitrogen and oxygen atoms in total. The SMILES string of the molecule is CO[C@@H](C)c1c(NC(=O)Nc2cc(C(F)(F)F)cnc2OCCN2CCC(N3CCN(Cc4ccc5c(c4)N(C)C(=C=O)N5C4CCC(=C=O)NC4=C=O)CC3)CC2)cnc2cc(Cl)nn12.O=CO. The fourth-order valence-electron chi connectivity index (χ4n) is 9.06. The average molecular weight is 979 g/mol. The van der Waals surface area contributed by atoms with Crippen molar-refractivity contribution in [2.45, 2.75) is 63.5 Å². The predicted octanol–water partition coefficient (Wildman–Crippen LogP) is 4.62. The number of amides is 2. The van der Waals surface area contributed by atoms with Gasteiger partial charge >= 0.3 is 12.2 Å². The van der Waals surface area contributed by atoms with Crippen molar-refractivity contribution in [3.8, 4) is 5.88 Å². The molecule has 0 aliphatic carbocycles. The number of piperidine rings is 2. The van der Waals surface area contributed by atoms with E-state index in [2.05, 4.69) is 51.8 Å². The highest BCUT2D eigenvalue weighted by Crippen LogP contribution is 2.44. The van der Waals surface area contributed by atoms with Crippen LogP contribution in [0.1, 0.15) is 55.5 Å². The Morgan fingerprint density at radius 2 is 1.70 bits per heavy atom. The topological polar surface area (TPSA) is 219 Å². The molecule has 4 aliphatic rings. The molecule has 3 aromatic heterocycles. The van der Waals surface area contributed by atoms with E-state index in [1.807, 2.05) is 30.0 Å². The largest absolute Gasteiger partial charge is 0.483 e. The van der Waals surface area contributed by atoms with Gasteiger partial charge in [0.25, 0.3) is 6.47 Å². The monoisotopic (exact) mass is 978 g/mol. The predicted molar refractivity (Wildman–Crippen MR) is 247 cm³/mol. The number of halogens is 4. The lowest BCUT2D eigenvalue weighted by Crippen LogP contribution is -2.53. The average Bonchev–Trinajstić information content (AvgIpc) is 3.86. The number of urea groups is 1. The third-order valence-corrected chi connectivity index (χ3v) is 12.8. The molecule has 1 unspecified atom stereocenters. The molecule has 24 heteroatoms. The summed E-state index contributed by atoms with van der Waals surface area (Å²) < 4.78 is 54.1. The van der Waals surface area contributed by atoms with Crippen LogP contribution in [0.3, 0.4) is 0 Å². The maximum absolute atomic E-state index is 13.8. The van der Waals surface area contributed by atoms with Crippen molar-refractivity contribution in [3.63, 3.8) is 0 Å². The number of nitrogens with zero attached hydrogens (tertiary/aromatic N) is 9. The fourth-order valence-corrected chi connectivity index (χ4v) is 9.23. The number of methoxy groups -OCH3 is 1. The number of carboxylic acid groups (broad SMARTS) is 1. The van der Waals surface area contributed by atoms with Crippen LogP contribution in [0.15, 0.2) is 59.9 Å². The number of likely N-dealkylation sites (tertiary alicyclic amines) is 1. The second-order valence-electron chi connectivity index (χ2n) is 16.6. The van der Waals surface area contributed by atoms with E-state index in [9.17, 15) is 32.3 Å². The van der Waals surface area contributed by atoms with Gasteiger partial charge in [0.15, 0.2) is 16.7 Å². The molecular formula is C45H50ClF3N12O8. The first kappa shape index (κ1) is 50.1. The van der Waals surface area contributed by atoms with Crippen LogP contribution in [0.25, 0.3) is 5.65 Å².